The molecule has 31 heavy (non-hydrogen) atoms. The molecule has 3 aliphatic rings. The number of ether oxygens (including phenoxy) is 3. The number of hydrogen-bond donors (Lipinski definition) is 0. The Kier molecular flexibility index (Phi) is 6.48. The first-order valence-corrected chi connectivity index (χ1v) is 10.6. The number of piperazine rings is 1. The molecule has 0 N–H and O–H groups in total. The fourth-order valence-electron chi connectivity index (χ4n) is 4.85. The summed E-state index contributed by atoms with van der Waals surface area (Å²) in [5, 5.41) is 0. The van der Waals surface area contributed by atoms with Crippen molar-refractivity contribution < 1.29 is 18.6 Å². The lowest BCUT2D eigenvalue weighted by molar-refractivity contribution is -0.192. The summed E-state index contributed by atoms with van der Waals surface area (Å²) < 4.78 is 31.1. The molecular weight excluding hydrogens is 397 g/mol. The number of benzene rings is 2. The Morgan fingerprint density at radius 2 is 1.68 bits per heavy atom. The molecule has 2 aromatic carbocycles. The number of nitrogens with zero attached hydrogens (tertiary/aromatic N) is 3. The molecule has 168 valence electrons. The first-order chi connectivity index (χ1) is 14.7. The molecule has 2 aromatic rings. The second-order valence-corrected chi connectivity index (χ2v) is 8.15. The number of fused-ring (bicyclic) bond motifs is 2. The lowest BCUT2D eigenvalue weighted by Gasteiger charge is -2.44. The van der Waals surface area contributed by atoms with Gasteiger partial charge in [0.15, 0.2) is 0 Å². The summed E-state index contributed by atoms with van der Waals surface area (Å²) in [5.74, 6) is -0.0949. The van der Waals surface area contributed by atoms with E-state index in [-0.39, 0.29) is 13.2 Å². The number of halogens is 1. The number of rotatable bonds is 4. The SMILES string of the molecule is C.COc1cccc2c1C1(CN(CN3CCN(c4ccc(F)cc4)CC3)C2)OCCO1. The molecule has 5 rings (SSSR count). The first kappa shape index (κ1) is 22.0. The van der Waals surface area contributed by atoms with Gasteiger partial charge in [0.1, 0.15) is 11.6 Å². The van der Waals surface area contributed by atoms with Gasteiger partial charge in [0.2, 0.25) is 5.79 Å². The maximum Gasteiger partial charge on any atom is 0.212 e. The zero-order chi connectivity index (χ0) is 20.6. The van der Waals surface area contributed by atoms with Crippen LogP contribution in [0.5, 0.6) is 5.75 Å². The number of anilines is 1. The molecule has 6 nitrogen and oxygen atoms in total. The van der Waals surface area contributed by atoms with Crippen molar-refractivity contribution >= 4 is 5.69 Å². The van der Waals surface area contributed by atoms with E-state index in [0.29, 0.717) is 19.8 Å². The monoisotopic (exact) mass is 429 g/mol. The van der Waals surface area contributed by atoms with E-state index in [4.69, 9.17) is 14.2 Å². The van der Waals surface area contributed by atoms with Crippen LogP contribution < -0.4 is 9.64 Å². The minimum Gasteiger partial charge on any atom is -0.496 e. The highest BCUT2D eigenvalue weighted by Crippen LogP contribution is 2.43. The van der Waals surface area contributed by atoms with E-state index >= 15 is 0 Å². The highest BCUT2D eigenvalue weighted by Gasteiger charge is 2.47. The van der Waals surface area contributed by atoms with Crippen molar-refractivity contribution in [1.82, 2.24) is 9.80 Å². The fourth-order valence-corrected chi connectivity index (χ4v) is 4.85. The van der Waals surface area contributed by atoms with Crippen molar-refractivity contribution in [2.45, 2.75) is 19.8 Å². The summed E-state index contributed by atoms with van der Waals surface area (Å²) in [6, 6.07) is 12.9. The van der Waals surface area contributed by atoms with Gasteiger partial charge in [-0.15, -0.1) is 0 Å². The van der Waals surface area contributed by atoms with Gasteiger partial charge in [-0.05, 0) is 35.9 Å². The molecule has 0 radical (unpaired) electrons. The van der Waals surface area contributed by atoms with E-state index in [1.54, 1.807) is 7.11 Å². The van der Waals surface area contributed by atoms with E-state index in [1.807, 2.05) is 24.3 Å². The lowest BCUT2D eigenvalue weighted by atomic mass is 9.93. The number of hydrogen-bond acceptors (Lipinski definition) is 6. The van der Waals surface area contributed by atoms with Gasteiger partial charge in [0, 0.05) is 38.4 Å². The van der Waals surface area contributed by atoms with Gasteiger partial charge in [-0.3, -0.25) is 9.80 Å². The van der Waals surface area contributed by atoms with E-state index in [1.165, 1.54) is 17.7 Å². The second-order valence-electron chi connectivity index (χ2n) is 8.15. The molecule has 0 aromatic heterocycles. The third kappa shape index (κ3) is 4.28. The van der Waals surface area contributed by atoms with Gasteiger partial charge in [-0.1, -0.05) is 19.6 Å². The average molecular weight is 430 g/mol. The Hall–Kier alpha value is -2.19. The van der Waals surface area contributed by atoms with Crippen LogP contribution in [0.1, 0.15) is 18.6 Å². The van der Waals surface area contributed by atoms with Crippen LogP contribution in [-0.2, 0) is 21.8 Å². The third-order valence-corrected chi connectivity index (χ3v) is 6.26. The van der Waals surface area contributed by atoms with Gasteiger partial charge in [0.25, 0.3) is 0 Å². The molecule has 0 bridgehead atoms. The summed E-state index contributed by atoms with van der Waals surface area (Å²) >= 11 is 0. The van der Waals surface area contributed by atoms with Crippen LogP contribution in [0.3, 0.4) is 0 Å². The molecule has 7 heteroatoms. The molecule has 0 saturated carbocycles. The maximum atomic E-state index is 13.2. The van der Waals surface area contributed by atoms with Gasteiger partial charge < -0.3 is 19.1 Å². The topological polar surface area (TPSA) is 37.4 Å². The van der Waals surface area contributed by atoms with Gasteiger partial charge in [-0.2, -0.15) is 0 Å². The van der Waals surface area contributed by atoms with Crippen molar-refractivity contribution in [3.8, 4) is 5.75 Å². The van der Waals surface area contributed by atoms with Crippen molar-refractivity contribution in [2.24, 2.45) is 0 Å². The molecule has 0 unspecified atom stereocenters. The quantitative estimate of drug-likeness (QED) is 0.743. The standard InChI is InChI=1S/C23H28FN3O3.CH4/c1-28-21-4-2-3-18-15-26(16-23(22(18)21)29-13-14-30-23)17-25-9-11-27(12-10-25)20-7-5-19(24)6-8-20;/h2-8H,9-17H2,1H3;1H4. The number of methoxy groups -OCH3 is 1. The van der Waals surface area contributed by atoms with Crippen LogP contribution in [0.15, 0.2) is 42.5 Å². The average Bonchev–Trinajstić information content (AvgIpc) is 3.23. The Labute approximate surface area is 184 Å². The molecule has 3 heterocycles. The summed E-state index contributed by atoms with van der Waals surface area (Å²) in [6.07, 6.45) is 0. The van der Waals surface area contributed by atoms with Crippen molar-refractivity contribution in [2.75, 3.05) is 64.6 Å². The second kappa shape index (κ2) is 9.12. The predicted octanol–water partition coefficient (Wildman–Crippen LogP) is 3.27. The predicted molar refractivity (Wildman–Crippen MR) is 119 cm³/mol. The van der Waals surface area contributed by atoms with Crippen LogP contribution in [0.25, 0.3) is 0 Å². The van der Waals surface area contributed by atoms with Crippen LogP contribution in [0.4, 0.5) is 10.1 Å². The molecule has 1 spiro atoms. The summed E-state index contributed by atoms with van der Waals surface area (Å²) in [7, 11) is 1.70. The fraction of sp³-hybridized carbons (Fsp3) is 0.500. The van der Waals surface area contributed by atoms with Gasteiger partial charge >= 0.3 is 0 Å². The van der Waals surface area contributed by atoms with Crippen LogP contribution in [-0.4, -0.2) is 69.5 Å². The van der Waals surface area contributed by atoms with Crippen molar-refractivity contribution in [3.05, 3.63) is 59.4 Å². The normalized spacial score (nSPS) is 21.0. The van der Waals surface area contributed by atoms with Crippen molar-refractivity contribution in [1.29, 1.82) is 0 Å². The summed E-state index contributed by atoms with van der Waals surface area (Å²) in [5.41, 5.74) is 3.33. The van der Waals surface area contributed by atoms with E-state index in [9.17, 15) is 4.39 Å². The van der Waals surface area contributed by atoms with Crippen LogP contribution in [0, 0.1) is 5.82 Å². The summed E-state index contributed by atoms with van der Waals surface area (Å²) in [4.78, 5) is 7.19. The largest absolute Gasteiger partial charge is 0.496 e. The van der Waals surface area contributed by atoms with Gasteiger partial charge in [0.05, 0.1) is 39.1 Å². The third-order valence-electron chi connectivity index (χ3n) is 6.26. The minimum atomic E-state index is -0.740. The highest BCUT2D eigenvalue weighted by molar-refractivity contribution is 5.47. The van der Waals surface area contributed by atoms with Crippen LogP contribution in [0.2, 0.25) is 0 Å². The smallest absolute Gasteiger partial charge is 0.212 e. The Balaban J connectivity index is 0.00000231. The van der Waals surface area contributed by atoms with E-state index in [2.05, 4.69) is 20.8 Å². The molecule has 0 atom stereocenters. The lowest BCUT2D eigenvalue weighted by Crippen LogP contribution is -2.54. The zero-order valence-electron chi connectivity index (χ0n) is 17.3. The molecule has 2 saturated heterocycles. The molecule has 3 aliphatic heterocycles. The van der Waals surface area contributed by atoms with Crippen molar-refractivity contribution in [3.63, 3.8) is 0 Å². The molecule has 2 fully saturated rings. The summed E-state index contributed by atoms with van der Waals surface area (Å²) in [6.45, 7) is 7.40. The Bertz CT molecular complexity index is 878. The van der Waals surface area contributed by atoms with Crippen LogP contribution >= 0.6 is 0 Å². The highest BCUT2D eigenvalue weighted by atomic mass is 19.1. The Morgan fingerprint density at radius 1 is 0.968 bits per heavy atom. The first-order valence-electron chi connectivity index (χ1n) is 10.6. The minimum absolute atomic E-state index is 0. The van der Waals surface area contributed by atoms with E-state index in [0.717, 1.165) is 56.4 Å². The van der Waals surface area contributed by atoms with Gasteiger partial charge in [-0.25, -0.2) is 4.39 Å². The molecule has 0 aliphatic carbocycles. The maximum absolute atomic E-state index is 13.2. The Morgan fingerprint density at radius 3 is 2.35 bits per heavy atom. The molecule has 0 amide bonds. The zero-order valence-corrected chi connectivity index (χ0v) is 17.3. The van der Waals surface area contributed by atoms with E-state index < -0.39 is 5.79 Å². The molecular formula is C24H32FN3O3.